The normalized spacial score (nSPS) is 12.1. The molecule has 0 aliphatic carbocycles. The second-order valence-corrected chi connectivity index (χ2v) is 4.51. The van der Waals surface area contributed by atoms with Crippen LogP contribution in [0.5, 0.6) is 0 Å². The summed E-state index contributed by atoms with van der Waals surface area (Å²) in [6, 6.07) is 1.71. The lowest BCUT2D eigenvalue weighted by Gasteiger charge is -2.15. The van der Waals surface area contributed by atoms with Gasteiger partial charge in [0.15, 0.2) is 0 Å². The number of carboxylic acids is 1. The van der Waals surface area contributed by atoms with Crippen molar-refractivity contribution >= 4 is 17.5 Å². The first-order valence-electron chi connectivity index (χ1n) is 6.30. The first-order chi connectivity index (χ1) is 8.54. The van der Waals surface area contributed by atoms with Crippen molar-refractivity contribution in [1.82, 2.24) is 4.98 Å². The second kappa shape index (κ2) is 6.83. The second-order valence-electron chi connectivity index (χ2n) is 4.51. The van der Waals surface area contributed by atoms with Crippen LogP contribution in [0.4, 0.5) is 11.5 Å². The highest BCUT2D eigenvalue weighted by Gasteiger charge is 2.09. The predicted octanol–water partition coefficient (Wildman–Crippen LogP) is 2.74. The van der Waals surface area contributed by atoms with E-state index in [0.717, 1.165) is 12.8 Å². The summed E-state index contributed by atoms with van der Waals surface area (Å²) in [4.78, 5) is 14.8. The SMILES string of the molecule is CCCCCC(C)Nc1ncc(C(=O)O)cc1N. The number of nitrogens with two attached hydrogens (primary N) is 1. The Kier molecular flexibility index (Phi) is 5.42. The maximum atomic E-state index is 10.7. The van der Waals surface area contributed by atoms with Gasteiger partial charge in [0.25, 0.3) is 0 Å². The Morgan fingerprint density at radius 2 is 2.28 bits per heavy atom. The summed E-state index contributed by atoms with van der Waals surface area (Å²) in [5.74, 6) is -0.458. The van der Waals surface area contributed by atoms with Crippen LogP contribution in [0.25, 0.3) is 0 Å². The van der Waals surface area contributed by atoms with Crippen molar-refractivity contribution in [3.63, 3.8) is 0 Å². The predicted molar refractivity (Wildman–Crippen MR) is 72.8 cm³/mol. The van der Waals surface area contributed by atoms with Crippen molar-refractivity contribution in [3.05, 3.63) is 17.8 Å². The molecule has 0 bridgehead atoms. The topological polar surface area (TPSA) is 88.2 Å². The van der Waals surface area contributed by atoms with Crippen molar-refractivity contribution in [1.29, 1.82) is 0 Å². The van der Waals surface area contributed by atoms with Crippen molar-refractivity contribution in [3.8, 4) is 0 Å². The third kappa shape index (κ3) is 4.24. The zero-order chi connectivity index (χ0) is 13.5. The molecule has 0 fully saturated rings. The Morgan fingerprint density at radius 3 is 2.83 bits per heavy atom. The fraction of sp³-hybridized carbons (Fsp3) is 0.538. The Balaban J connectivity index is 2.59. The number of carboxylic acid groups (broad SMARTS) is 1. The highest BCUT2D eigenvalue weighted by molar-refractivity contribution is 5.89. The first-order valence-corrected chi connectivity index (χ1v) is 6.30. The lowest BCUT2D eigenvalue weighted by atomic mass is 10.1. The maximum Gasteiger partial charge on any atom is 0.337 e. The molecular weight excluding hydrogens is 230 g/mol. The zero-order valence-electron chi connectivity index (χ0n) is 10.9. The van der Waals surface area contributed by atoms with Gasteiger partial charge in [0.1, 0.15) is 5.82 Å². The van der Waals surface area contributed by atoms with E-state index in [4.69, 9.17) is 10.8 Å². The molecular formula is C13H21N3O2. The van der Waals surface area contributed by atoms with Crippen LogP contribution in [0, 0.1) is 0 Å². The van der Waals surface area contributed by atoms with Crippen LogP contribution in [0.2, 0.25) is 0 Å². The zero-order valence-corrected chi connectivity index (χ0v) is 10.9. The van der Waals surface area contributed by atoms with E-state index in [1.165, 1.54) is 25.1 Å². The fourth-order valence-electron chi connectivity index (χ4n) is 1.73. The quantitative estimate of drug-likeness (QED) is 0.648. The Morgan fingerprint density at radius 1 is 1.56 bits per heavy atom. The van der Waals surface area contributed by atoms with E-state index in [9.17, 15) is 4.79 Å². The van der Waals surface area contributed by atoms with Gasteiger partial charge in [0.05, 0.1) is 11.3 Å². The third-order valence-corrected chi connectivity index (χ3v) is 2.79. The van der Waals surface area contributed by atoms with E-state index in [-0.39, 0.29) is 11.6 Å². The highest BCUT2D eigenvalue weighted by Crippen LogP contribution is 2.18. The number of anilines is 2. The van der Waals surface area contributed by atoms with Gasteiger partial charge in [0, 0.05) is 12.2 Å². The molecule has 1 unspecified atom stereocenters. The molecule has 0 aliphatic rings. The first kappa shape index (κ1) is 14.3. The number of hydrogen-bond donors (Lipinski definition) is 3. The number of hydrogen-bond acceptors (Lipinski definition) is 4. The van der Waals surface area contributed by atoms with Crippen LogP contribution in [0.1, 0.15) is 49.9 Å². The average Bonchev–Trinajstić information content (AvgIpc) is 2.32. The number of nitrogens with one attached hydrogen (secondary N) is 1. The molecule has 100 valence electrons. The smallest absolute Gasteiger partial charge is 0.337 e. The number of aromatic carboxylic acids is 1. The number of rotatable bonds is 7. The molecule has 1 aromatic rings. The molecule has 4 N–H and O–H groups in total. The van der Waals surface area contributed by atoms with Crippen LogP contribution in [0.3, 0.4) is 0 Å². The molecule has 1 aromatic heterocycles. The molecule has 1 atom stereocenters. The molecule has 5 heteroatoms. The third-order valence-electron chi connectivity index (χ3n) is 2.79. The summed E-state index contributed by atoms with van der Waals surface area (Å²) in [5.41, 5.74) is 6.25. The van der Waals surface area contributed by atoms with Gasteiger partial charge in [-0.1, -0.05) is 26.2 Å². The van der Waals surface area contributed by atoms with E-state index >= 15 is 0 Å². The lowest BCUT2D eigenvalue weighted by Crippen LogP contribution is -2.17. The number of carbonyl (C=O) groups is 1. The van der Waals surface area contributed by atoms with Crippen LogP contribution in [-0.2, 0) is 0 Å². The van der Waals surface area contributed by atoms with Gasteiger partial charge >= 0.3 is 5.97 Å². The molecule has 0 aromatic carbocycles. The molecule has 0 aliphatic heterocycles. The minimum atomic E-state index is -1.02. The number of aromatic nitrogens is 1. The van der Waals surface area contributed by atoms with Crippen molar-refractivity contribution < 1.29 is 9.90 Å². The Labute approximate surface area is 107 Å². The molecule has 0 radical (unpaired) electrons. The summed E-state index contributed by atoms with van der Waals surface area (Å²) in [5, 5.41) is 12.0. The van der Waals surface area contributed by atoms with Crippen LogP contribution in [0.15, 0.2) is 12.3 Å². The molecule has 1 rings (SSSR count). The van der Waals surface area contributed by atoms with Gasteiger partial charge in [0.2, 0.25) is 0 Å². The summed E-state index contributed by atoms with van der Waals surface area (Å²) in [6.07, 6.45) is 5.94. The van der Waals surface area contributed by atoms with E-state index in [1.54, 1.807) is 0 Å². The summed E-state index contributed by atoms with van der Waals surface area (Å²) in [6.45, 7) is 4.24. The van der Waals surface area contributed by atoms with Gasteiger partial charge in [-0.05, 0) is 19.4 Å². The number of unbranched alkanes of at least 4 members (excludes halogenated alkanes) is 2. The monoisotopic (exact) mass is 251 g/mol. The van der Waals surface area contributed by atoms with Crippen molar-refractivity contribution in [2.75, 3.05) is 11.1 Å². The van der Waals surface area contributed by atoms with Crippen molar-refractivity contribution in [2.24, 2.45) is 0 Å². The Hall–Kier alpha value is -1.78. The molecule has 0 saturated heterocycles. The number of nitrogens with zero attached hydrogens (tertiary/aromatic N) is 1. The molecule has 0 amide bonds. The van der Waals surface area contributed by atoms with Crippen LogP contribution in [-0.4, -0.2) is 22.1 Å². The largest absolute Gasteiger partial charge is 0.478 e. The average molecular weight is 251 g/mol. The van der Waals surface area contributed by atoms with E-state index in [2.05, 4.69) is 24.1 Å². The molecule has 0 spiro atoms. The minimum Gasteiger partial charge on any atom is -0.478 e. The number of nitrogen functional groups attached to an aromatic ring is 1. The maximum absolute atomic E-state index is 10.7. The Bertz CT molecular complexity index is 407. The molecule has 18 heavy (non-hydrogen) atoms. The summed E-state index contributed by atoms with van der Waals surface area (Å²) in [7, 11) is 0. The van der Waals surface area contributed by atoms with Crippen LogP contribution >= 0.6 is 0 Å². The van der Waals surface area contributed by atoms with E-state index in [0.29, 0.717) is 11.5 Å². The van der Waals surface area contributed by atoms with Gasteiger partial charge in [-0.15, -0.1) is 0 Å². The molecule has 0 saturated carbocycles. The standard InChI is InChI=1S/C13H21N3O2/c1-3-4-5-6-9(2)16-12-11(14)7-10(8-15-12)13(17)18/h7-9H,3-6,14H2,1-2H3,(H,15,16)(H,17,18). The highest BCUT2D eigenvalue weighted by atomic mass is 16.4. The van der Waals surface area contributed by atoms with Crippen LogP contribution < -0.4 is 11.1 Å². The number of pyridine rings is 1. The van der Waals surface area contributed by atoms with Gasteiger partial charge in [-0.2, -0.15) is 0 Å². The summed E-state index contributed by atoms with van der Waals surface area (Å²) < 4.78 is 0. The van der Waals surface area contributed by atoms with E-state index in [1.807, 2.05) is 0 Å². The van der Waals surface area contributed by atoms with Gasteiger partial charge in [-0.25, -0.2) is 9.78 Å². The fourth-order valence-corrected chi connectivity index (χ4v) is 1.73. The summed E-state index contributed by atoms with van der Waals surface area (Å²) >= 11 is 0. The van der Waals surface area contributed by atoms with E-state index < -0.39 is 5.97 Å². The van der Waals surface area contributed by atoms with Gasteiger partial charge in [-0.3, -0.25) is 0 Å². The molecule has 1 heterocycles. The minimum absolute atomic E-state index is 0.108. The van der Waals surface area contributed by atoms with Gasteiger partial charge < -0.3 is 16.2 Å². The molecule has 5 nitrogen and oxygen atoms in total. The lowest BCUT2D eigenvalue weighted by molar-refractivity contribution is 0.0696. The van der Waals surface area contributed by atoms with Crippen molar-refractivity contribution in [2.45, 2.75) is 45.6 Å².